The summed E-state index contributed by atoms with van der Waals surface area (Å²) in [6.07, 6.45) is 5.91. The van der Waals surface area contributed by atoms with E-state index in [1.807, 2.05) is 0 Å². The van der Waals surface area contributed by atoms with Gasteiger partial charge in [-0.15, -0.1) is 6.58 Å². The molecule has 11 heavy (non-hydrogen) atoms. The van der Waals surface area contributed by atoms with Crippen molar-refractivity contribution in [3.8, 4) is 0 Å². The van der Waals surface area contributed by atoms with Crippen molar-refractivity contribution in [1.82, 2.24) is 5.32 Å². The lowest BCUT2D eigenvalue weighted by Crippen LogP contribution is -2.38. The summed E-state index contributed by atoms with van der Waals surface area (Å²) in [4.78, 5) is 0. The van der Waals surface area contributed by atoms with Crippen LogP contribution in [0, 0.1) is 5.92 Å². The molecule has 0 bridgehead atoms. The molecule has 1 heteroatoms. The monoisotopic (exact) mass is 153 g/mol. The zero-order chi connectivity index (χ0) is 8.32. The summed E-state index contributed by atoms with van der Waals surface area (Å²) in [7, 11) is 0. The third-order valence-corrected chi connectivity index (χ3v) is 2.44. The molecule has 1 N–H and O–H groups in total. The van der Waals surface area contributed by atoms with Gasteiger partial charge in [-0.25, -0.2) is 0 Å². The molecule has 0 aromatic heterocycles. The Morgan fingerprint density at radius 2 is 2.36 bits per heavy atom. The molecule has 1 saturated heterocycles. The Labute approximate surface area is 69.9 Å². The first-order valence-corrected chi connectivity index (χ1v) is 4.57. The molecule has 64 valence electrons. The second-order valence-corrected chi connectivity index (χ2v) is 3.99. The maximum atomic E-state index is 3.91. The van der Waals surface area contributed by atoms with E-state index < -0.39 is 0 Å². The maximum Gasteiger partial charge on any atom is 0.0364 e. The summed E-state index contributed by atoms with van der Waals surface area (Å²) in [5.41, 5.74) is 0.272. The summed E-state index contributed by atoms with van der Waals surface area (Å²) in [5.74, 6) is 0.763. The van der Waals surface area contributed by atoms with E-state index in [2.05, 4.69) is 31.8 Å². The molecular formula is C10H19N. The summed E-state index contributed by atoms with van der Waals surface area (Å²) >= 11 is 0. The molecule has 0 spiro atoms. The highest BCUT2D eigenvalue weighted by Gasteiger charge is 2.30. The molecular weight excluding hydrogens is 134 g/mol. The third kappa shape index (κ3) is 2.06. The fourth-order valence-electron chi connectivity index (χ4n) is 1.99. The molecule has 1 nitrogen and oxygen atoms in total. The van der Waals surface area contributed by atoms with Gasteiger partial charge in [0.05, 0.1) is 0 Å². The Balaban J connectivity index is 2.52. The van der Waals surface area contributed by atoms with Crippen molar-refractivity contribution in [3.63, 3.8) is 0 Å². The summed E-state index contributed by atoms with van der Waals surface area (Å²) in [6.45, 7) is 9.61. The van der Waals surface area contributed by atoms with Gasteiger partial charge in [0.1, 0.15) is 0 Å². The fraction of sp³-hybridized carbons (Fsp3) is 0.800. The fourth-order valence-corrected chi connectivity index (χ4v) is 1.99. The Bertz CT molecular complexity index is 132. The van der Waals surface area contributed by atoms with Crippen LogP contribution in [0.1, 0.15) is 33.1 Å². The van der Waals surface area contributed by atoms with Crippen LogP contribution in [0.5, 0.6) is 0 Å². The molecule has 0 radical (unpaired) electrons. The van der Waals surface area contributed by atoms with Crippen molar-refractivity contribution < 1.29 is 0 Å². The van der Waals surface area contributed by atoms with E-state index in [-0.39, 0.29) is 5.54 Å². The average molecular weight is 153 g/mol. The van der Waals surface area contributed by atoms with Gasteiger partial charge in [-0.2, -0.15) is 0 Å². The van der Waals surface area contributed by atoms with Crippen molar-refractivity contribution in [3.05, 3.63) is 12.7 Å². The Morgan fingerprint density at radius 1 is 1.64 bits per heavy atom. The summed E-state index contributed by atoms with van der Waals surface area (Å²) < 4.78 is 0. The first-order chi connectivity index (χ1) is 5.18. The first kappa shape index (κ1) is 8.79. The molecule has 0 aromatic carbocycles. The molecule has 0 amide bonds. The van der Waals surface area contributed by atoms with Crippen LogP contribution in [0.2, 0.25) is 0 Å². The van der Waals surface area contributed by atoms with Gasteiger partial charge >= 0.3 is 0 Å². The van der Waals surface area contributed by atoms with Gasteiger partial charge in [-0.3, -0.25) is 0 Å². The number of hydrogen-bond acceptors (Lipinski definition) is 1. The molecule has 1 atom stereocenters. The Kier molecular flexibility index (Phi) is 2.72. The second kappa shape index (κ2) is 3.40. The normalized spacial score (nSPS) is 31.2. The topological polar surface area (TPSA) is 12.0 Å². The van der Waals surface area contributed by atoms with Gasteiger partial charge in [0.2, 0.25) is 0 Å². The number of nitrogens with one attached hydrogen (secondary N) is 1. The highest BCUT2D eigenvalue weighted by Crippen LogP contribution is 2.27. The van der Waals surface area contributed by atoms with Crippen LogP contribution in [-0.2, 0) is 0 Å². The van der Waals surface area contributed by atoms with Crippen molar-refractivity contribution in [2.45, 2.75) is 38.6 Å². The highest BCUT2D eigenvalue weighted by molar-refractivity contribution is 5.06. The predicted octanol–water partition coefficient (Wildman–Crippen LogP) is 2.34. The minimum absolute atomic E-state index is 0.272. The van der Waals surface area contributed by atoms with Crippen LogP contribution < -0.4 is 5.32 Å². The summed E-state index contributed by atoms with van der Waals surface area (Å²) in [6, 6.07) is 0. The summed E-state index contributed by atoms with van der Waals surface area (Å²) in [5, 5.41) is 3.53. The molecule has 1 aliphatic rings. The lowest BCUT2D eigenvalue weighted by Gasteiger charge is -2.27. The molecule has 1 unspecified atom stereocenters. The highest BCUT2D eigenvalue weighted by atomic mass is 15.0. The molecule has 0 aliphatic carbocycles. The Morgan fingerprint density at radius 3 is 2.73 bits per heavy atom. The van der Waals surface area contributed by atoms with E-state index in [1.165, 1.54) is 25.8 Å². The van der Waals surface area contributed by atoms with Gasteiger partial charge < -0.3 is 5.32 Å². The minimum Gasteiger partial charge on any atom is -0.308 e. The quantitative estimate of drug-likeness (QED) is 0.614. The number of rotatable bonds is 3. The largest absolute Gasteiger partial charge is 0.308 e. The molecule has 0 aromatic rings. The lowest BCUT2D eigenvalue weighted by molar-refractivity contribution is 0.373. The van der Waals surface area contributed by atoms with Crippen molar-refractivity contribution >= 4 is 0 Å². The van der Waals surface area contributed by atoms with Crippen LogP contribution in [-0.4, -0.2) is 12.1 Å². The van der Waals surface area contributed by atoms with Crippen molar-refractivity contribution in [2.24, 2.45) is 5.92 Å². The standard InChI is InChI=1S/C10H19N/c1-4-10(8-9(2)3)6-5-7-11-10/h4,9,11H,1,5-8H2,2-3H3. The molecule has 0 saturated carbocycles. The SMILES string of the molecule is C=CC1(CC(C)C)CCCN1. The maximum absolute atomic E-state index is 3.91. The van der Waals surface area contributed by atoms with Gasteiger partial charge in [0.25, 0.3) is 0 Å². The Hall–Kier alpha value is -0.300. The van der Waals surface area contributed by atoms with Crippen molar-refractivity contribution in [2.75, 3.05) is 6.54 Å². The number of hydrogen-bond donors (Lipinski definition) is 1. The van der Waals surface area contributed by atoms with Crippen molar-refractivity contribution in [1.29, 1.82) is 0 Å². The zero-order valence-electron chi connectivity index (χ0n) is 7.69. The molecule has 1 rings (SSSR count). The van der Waals surface area contributed by atoms with Crippen LogP contribution in [0.3, 0.4) is 0 Å². The smallest absolute Gasteiger partial charge is 0.0364 e. The first-order valence-electron chi connectivity index (χ1n) is 4.57. The second-order valence-electron chi connectivity index (χ2n) is 3.99. The van der Waals surface area contributed by atoms with Crippen LogP contribution in [0.4, 0.5) is 0 Å². The average Bonchev–Trinajstić information content (AvgIpc) is 2.36. The lowest BCUT2D eigenvalue weighted by atomic mass is 9.88. The predicted molar refractivity (Wildman–Crippen MR) is 49.6 cm³/mol. The third-order valence-electron chi connectivity index (χ3n) is 2.44. The van der Waals surface area contributed by atoms with E-state index in [9.17, 15) is 0 Å². The molecule has 1 fully saturated rings. The van der Waals surface area contributed by atoms with E-state index >= 15 is 0 Å². The van der Waals surface area contributed by atoms with Gasteiger partial charge in [-0.1, -0.05) is 19.9 Å². The van der Waals surface area contributed by atoms with Gasteiger partial charge in [0.15, 0.2) is 0 Å². The van der Waals surface area contributed by atoms with Crippen LogP contribution in [0.15, 0.2) is 12.7 Å². The molecule has 1 heterocycles. The van der Waals surface area contributed by atoms with Gasteiger partial charge in [-0.05, 0) is 31.7 Å². The molecule has 1 aliphatic heterocycles. The van der Waals surface area contributed by atoms with Gasteiger partial charge in [0, 0.05) is 5.54 Å². The van der Waals surface area contributed by atoms with Crippen LogP contribution in [0.25, 0.3) is 0 Å². The van der Waals surface area contributed by atoms with E-state index in [0.29, 0.717) is 0 Å². The van der Waals surface area contributed by atoms with E-state index in [0.717, 1.165) is 5.92 Å². The van der Waals surface area contributed by atoms with Crippen LogP contribution >= 0.6 is 0 Å². The zero-order valence-corrected chi connectivity index (χ0v) is 7.69. The van der Waals surface area contributed by atoms with E-state index in [1.54, 1.807) is 0 Å². The van der Waals surface area contributed by atoms with E-state index in [4.69, 9.17) is 0 Å². The minimum atomic E-state index is 0.272.